The van der Waals surface area contributed by atoms with Crippen LogP contribution in [-0.2, 0) is 30.4 Å². The lowest BCUT2D eigenvalue weighted by molar-refractivity contribution is -0.141. The van der Waals surface area contributed by atoms with Crippen LogP contribution in [0.2, 0.25) is 0 Å². The molecule has 3 atom stereocenters. The van der Waals surface area contributed by atoms with Gasteiger partial charge < -0.3 is 42.1 Å². The summed E-state index contributed by atoms with van der Waals surface area (Å²) in [6.45, 7) is -1.50. The van der Waals surface area contributed by atoms with E-state index in [9.17, 15) is 39.3 Å². The molecule has 13 nitrogen and oxygen atoms in total. The van der Waals surface area contributed by atoms with Crippen LogP contribution < -0.4 is 21.7 Å². The van der Waals surface area contributed by atoms with E-state index in [0.29, 0.717) is 5.56 Å². The number of benzene rings is 1. The van der Waals surface area contributed by atoms with Crippen molar-refractivity contribution in [3.63, 3.8) is 0 Å². The fraction of sp³-hybridized carbons (Fsp3) is 0.389. The lowest BCUT2D eigenvalue weighted by Gasteiger charge is -2.19. The monoisotopic (exact) mass is 440 g/mol. The predicted molar refractivity (Wildman–Crippen MR) is 104 cm³/mol. The molecule has 0 aliphatic rings. The zero-order chi connectivity index (χ0) is 23.6. The second-order valence-electron chi connectivity index (χ2n) is 6.49. The minimum Gasteiger partial charge on any atom is -0.508 e. The normalized spacial score (nSPS) is 13.4. The van der Waals surface area contributed by atoms with Gasteiger partial charge in [-0.3, -0.25) is 19.2 Å². The van der Waals surface area contributed by atoms with Crippen LogP contribution in [-0.4, -0.2) is 81.4 Å². The smallest absolute Gasteiger partial charge is 0.326 e. The molecule has 3 amide bonds. The van der Waals surface area contributed by atoms with Crippen LogP contribution >= 0.6 is 0 Å². The van der Waals surface area contributed by atoms with E-state index in [1.54, 1.807) is 0 Å². The number of nitrogens with one attached hydrogen (secondary N) is 3. The molecule has 0 aliphatic carbocycles. The largest absolute Gasteiger partial charge is 0.508 e. The summed E-state index contributed by atoms with van der Waals surface area (Å²) in [5.74, 6) is -5.44. The van der Waals surface area contributed by atoms with Crippen molar-refractivity contribution in [2.45, 2.75) is 31.0 Å². The highest BCUT2D eigenvalue weighted by atomic mass is 16.4. The number of phenols is 1. The van der Waals surface area contributed by atoms with Crippen molar-refractivity contribution in [3.8, 4) is 5.75 Å². The molecule has 0 saturated carbocycles. The molecule has 1 aromatic rings. The number of rotatable bonds is 12. The highest BCUT2D eigenvalue weighted by Gasteiger charge is 2.25. The summed E-state index contributed by atoms with van der Waals surface area (Å²) in [6, 6.07) is 1.46. The predicted octanol–water partition coefficient (Wildman–Crippen LogP) is -3.10. The van der Waals surface area contributed by atoms with E-state index in [0.717, 1.165) is 0 Å². The van der Waals surface area contributed by atoms with E-state index in [1.165, 1.54) is 24.3 Å². The minimum absolute atomic E-state index is 0.00295. The third kappa shape index (κ3) is 9.10. The van der Waals surface area contributed by atoms with Crippen LogP contribution in [0.1, 0.15) is 12.0 Å². The molecule has 1 rings (SSSR count). The maximum atomic E-state index is 12.0. The second kappa shape index (κ2) is 12.1. The van der Waals surface area contributed by atoms with Gasteiger partial charge in [-0.05, 0) is 17.7 Å². The molecule has 9 N–H and O–H groups in total. The summed E-state index contributed by atoms with van der Waals surface area (Å²) in [7, 11) is 0. The van der Waals surface area contributed by atoms with Gasteiger partial charge in [0, 0.05) is 6.42 Å². The maximum absolute atomic E-state index is 12.0. The fourth-order valence-corrected chi connectivity index (χ4v) is 2.36. The minimum atomic E-state index is -1.49. The molecule has 31 heavy (non-hydrogen) atoms. The molecule has 0 aromatic heterocycles. The van der Waals surface area contributed by atoms with E-state index >= 15 is 0 Å². The Morgan fingerprint density at radius 1 is 0.935 bits per heavy atom. The van der Waals surface area contributed by atoms with Crippen molar-refractivity contribution < 1.29 is 44.4 Å². The first-order chi connectivity index (χ1) is 14.5. The van der Waals surface area contributed by atoms with Crippen LogP contribution in [0.15, 0.2) is 24.3 Å². The standard InChI is InChI=1S/C18H24N4O9/c19-11(6-15(26)27)16(28)22-13(8-23)17(29)20-7-14(25)21-12(18(30)31)5-9-1-3-10(24)4-2-9/h1-4,11-13,23-24H,5-8,19H2,(H,20,29)(H,21,25)(H,22,28)(H,26,27)(H,30,31). The summed E-state index contributed by atoms with van der Waals surface area (Å²) in [5, 5.41) is 42.8. The van der Waals surface area contributed by atoms with Gasteiger partial charge in [0.1, 0.15) is 17.8 Å². The van der Waals surface area contributed by atoms with Crippen LogP contribution in [0.3, 0.4) is 0 Å². The van der Waals surface area contributed by atoms with Gasteiger partial charge in [0.2, 0.25) is 17.7 Å². The molecule has 1 aromatic carbocycles. The summed E-state index contributed by atoms with van der Waals surface area (Å²) < 4.78 is 0. The molecule has 3 unspecified atom stereocenters. The fourth-order valence-electron chi connectivity index (χ4n) is 2.36. The van der Waals surface area contributed by atoms with E-state index in [2.05, 4.69) is 16.0 Å². The van der Waals surface area contributed by atoms with Crippen molar-refractivity contribution in [2.24, 2.45) is 5.73 Å². The Labute approximate surface area is 176 Å². The SMILES string of the molecule is NC(CC(=O)O)C(=O)NC(CO)C(=O)NCC(=O)NC(Cc1ccc(O)cc1)C(=O)O. The first kappa shape index (κ1) is 25.3. The van der Waals surface area contributed by atoms with Gasteiger partial charge in [-0.25, -0.2) is 4.79 Å². The number of nitrogens with two attached hydrogens (primary N) is 1. The summed E-state index contributed by atoms with van der Waals surface area (Å²) >= 11 is 0. The number of carbonyl (C=O) groups excluding carboxylic acids is 3. The van der Waals surface area contributed by atoms with Gasteiger partial charge in [-0.1, -0.05) is 12.1 Å². The average molecular weight is 440 g/mol. The number of aromatic hydroxyl groups is 1. The van der Waals surface area contributed by atoms with Gasteiger partial charge in [0.05, 0.1) is 25.6 Å². The quantitative estimate of drug-likeness (QED) is 0.163. The van der Waals surface area contributed by atoms with E-state index < -0.39 is 67.4 Å². The van der Waals surface area contributed by atoms with Crippen molar-refractivity contribution in [3.05, 3.63) is 29.8 Å². The van der Waals surface area contributed by atoms with Crippen molar-refractivity contribution >= 4 is 29.7 Å². The number of aliphatic hydroxyl groups excluding tert-OH is 1. The van der Waals surface area contributed by atoms with Gasteiger partial charge in [-0.2, -0.15) is 0 Å². The average Bonchev–Trinajstić information content (AvgIpc) is 2.70. The molecule has 0 heterocycles. The number of aliphatic hydroxyl groups is 1. The zero-order valence-electron chi connectivity index (χ0n) is 16.3. The number of hydrogen-bond donors (Lipinski definition) is 8. The number of carbonyl (C=O) groups is 5. The Morgan fingerprint density at radius 2 is 1.55 bits per heavy atom. The molecular weight excluding hydrogens is 416 g/mol. The van der Waals surface area contributed by atoms with Crippen LogP contribution in [0.25, 0.3) is 0 Å². The molecule has 170 valence electrons. The number of aliphatic carboxylic acids is 2. The number of hydrogen-bond acceptors (Lipinski definition) is 8. The van der Waals surface area contributed by atoms with Crippen LogP contribution in [0, 0.1) is 0 Å². The Balaban J connectivity index is 2.58. The van der Waals surface area contributed by atoms with E-state index in [1.807, 2.05) is 0 Å². The number of carboxylic acids is 2. The van der Waals surface area contributed by atoms with E-state index in [-0.39, 0.29) is 12.2 Å². The molecule has 0 fully saturated rings. The Bertz CT molecular complexity index is 813. The summed E-state index contributed by atoms with van der Waals surface area (Å²) in [5.41, 5.74) is 5.90. The molecular formula is C18H24N4O9. The number of phenolic OH excluding ortho intramolecular Hbond substituents is 1. The number of amides is 3. The van der Waals surface area contributed by atoms with Gasteiger partial charge >= 0.3 is 11.9 Å². The molecule has 0 radical (unpaired) electrons. The Morgan fingerprint density at radius 3 is 2.06 bits per heavy atom. The topological polar surface area (TPSA) is 228 Å². The second-order valence-corrected chi connectivity index (χ2v) is 6.49. The number of carboxylic acid groups (broad SMARTS) is 2. The molecule has 0 spiro atoms. The molecule has 0 aliphatic heterocycles. The summed E-state index contributed by atoms with van der Waals surface area (Å²) in [6.07, 6.45) is -0.766. The van der Waals surface area contributed by atoms with E-state index in [4.69, 9.17) is 10.8 Å². The van der Waals surface area contributed by atoms with Crippen LogP contribution in [0.4, 0.5) is 0 Å². The highest BCUT2D eigenvalue weighted by Crippen LogP contribution is 2.11. The van der Waals surface area contributed by atoms with Crippen molar-refractivity contribution in [1.29, 1.82) is 0 Å². The Kier molecular flexibility index (Phi) is 9.88. The third-order valence-electron chi connectivity index (χ3n) is 3.98. The first-order valence-electron chi connectivity index (χ1n) is 8.99. The highest BCUT2D eigenvalue weighted by molar-refractivity contribution is 5.93. The lowest BCUT2D eigenvalue weighted by Crippen LogP contribution is -2.55. The van der Waals surface area contributed by atoms with Crippen LogP contribution in [0.5, 0.6) is 5.75 Å². The zero-order valence-corrected chi connectivity index (χ0v) is 16.3. The summed E-state index contributed by atoms with van der Waals surface area (Å²) in [4.78, 5) is 57.7. The first-order valence-corrected chi connectivity index (χ1v) is 8.99. The molecule has 0 bridgehead atoms. The third-order valence-corrected chi connectivity index (χ3v) is 3.98. The van der Waals surface area contributed by atoms with Gasteiger partial charge in [0.25, 0.3) is 0 Å². The molecule has 0 saturated heterocycles. The van der Waals surface area contributed by atoms with Crippen molar-refractivity contribution in [1.82, 2.24) is 16.0 Å². The molecule has 13 heteroatoms. The lowest BCUT2D eigenvalue weighted by atomic mass is 10.1. The maximum Gasteiger partial charge on any atom is 0.326 e. The Hall–Kier alpha value is -3.71. The van der Waals surface area contributed by atoms with Gasteiger partial charge in [0.15, 0.2) is 0 Å². The van der Waals surface area contributed by atoms with Crippen molar-refractivity contribution in [2.75, 3.05) is 13.2 Å². The van der Waals surface area contributed by atoms with Gasteiger partial charge in [-0.15, -0.1) is 0 Å².